The second-order valence-electron chi connectivity index (χ2n) is 5.81. The van der Waals surface area contributed by atoms with Crippen LogP contribution in [0.2, 0.25) is 0 Å². The van der Waals surface area contributed by atoms with Gasteiger partial charge < -0.3 is 5.32 Å². The van der Waals surface area contributed by atoms with Crippen molar-refractivity contribution in [1.82, 2.24) is 30.2 Å². The Morgan fingerprint density at radius 3 is 2.78 bits per heavy atom. The maximum atomic E-state index is 11.3. The summed E-state index contributed by atoms with van der Waals surface area (Å²) in [6, 6.07) is 15.0. The summed E-state index contributed by atoms with van der Waals surface area (Å²) in [4.78, 5) is 21.2. The Morgan fingerprint density at radius 1 is 1.04 bits per heavy atom. The number of tetrazole rings is 1. The summed E-state index contributed by atoms with van der Waals surface area (Å²) in [5.41, 5.74) is 3.83. The van der Waals surface area contributed by atoms with Crippen molar-refractivity contribution in [3.63, 3.8) is 0 Å². The predicted molar refractivity (Wildman–Crippen MR) is 99.9 cm³/mol. The number of aromatic nitrogens is 6. The van der Waals surface area contributed by atoms with Crippen molar-refractivity contribution in [2.45, 2.75) is 6.92 Å². The SMILES string of the molecule is CC(=O)Nc1cccc(-c2cncc(-n3nnc(-c4ccccn4)n3)c2)c1. The molecular weight excluding hydrogens is 342 g/mol. The normalized spacial score (nSPS) is 10.6. The van der Waals surface area contributed by atoms with Crippen LogP contribution in [0.3, 0.4) is 0 Å². The molecule has 0 aliphatic heterocycles. The zero-order valence-corrected chi connectivity index (χ0v) is 14.4. The molecule has 0 bridgehead atoms. The van der Waals surface area contributed by atoms with E-state index in [0.717, 1.165) is 16.8 Å². The Morgan fingerprint density at radius 2 is 1.96 bits per heavy atom. The molecule has 4 rings (SSSR count). The number of carbonyl (C=O) groups excluding carboxylic acids is 1. The van der Waals surface area contributed by atoms with Crippen molar-refractivity contribution < 1.29 is 4.79 Å². The summed E-state index contributed by atoms with van der Waals surface area (Å²) in [5.74, 6) is 0.321. The van der Waals surface area contributed by atoms with Gasteiger partial charge in [-0.25, -0.2) is 0 Å². The molecule has 1 aromatic carbocycles. The fraction of sp³-hybridized carbons (Fsp3) is 0.0526. The van der Waals surface area contributed by atoms with Crippen LogP contribution in [-0.2, 0) is 4.79 Å². The van der Waals surface area contributed by atoms with Crippen LogP contribution in [0, 0.1) is 0 Å². The average Bonchev–Trinajstić information content (AvgIpc) is 3.19. The summed E-state index contributed by atoms with van der Waals surface area (Å²) in [6.07, 6.45) is 5.08. The van der Waals surface area contributed by atoms with E-state index in [1.54, 1.807) is 18.6 Å². The van der Waals surface area contributed by atoms with Gasteiger partial charge in [-0.2, -0.15) is 0 Å². The second kappa shape index (κ2) is 7.12. The molecule has 0 saturated carbocycles. The van der Waals surface area contributed by atoms with E-state index in [1.807, 2.05) is 48.5 Å². The molecule has 27 heavy (non-hydrogen) atoms. The quantitative estimate of drug-likeness (QED) is 0.603. The molecule has 0 saturated heterocycles. The number of hydrogen-bond donors (Lipinski definition) is 1. The van der Waals surface area contributed by atoms with E-state index >= 15 is 0 Å². The molecule has 0 aliphatic carbocycles. The van der Waals surface area contributed by atoms with Crippen LogP contribution >= 0.6 is 0 Å². The molecule has 0 fully saturated rings. The molecule has 0 aliphatic rings. The summed E-state index contributed by atoms with van der Waals surface area (Å²) < 4.78 is 0. The number of anilines is 1. The van der Waals surface area contributed by atoms with Crippen molar-refractivity contribution in [3.8, 4) is 28.3 Å². The topological polar surface area (TPSA) is 98.5 Å². The molecule has 132 valence electrons. The fourth-order valence-electron chi connectivity index (χ4n) is 2.60. The Kier molecular flexibility index (Phi) is 4.36. The van der Waals surface area contributed by atoms with Crippen LogP contribution in [-0.4, -0.2) is 36.1 Å². The van der Waals surface area contributed by atoms with Crippen LogP contribution in [0.15, 0.2) is 67.1 Å². The first kappa shape index (κ1) is 16.5. The maximum absolute atomic E-state index is 11.3. The number of nitrogens with zero attached hydrogens (tertiary/aromatic N) is 6. The van der Waals surface area contributed by atoms with E-state index in [0.29, 0.717) is 17.2 Å². The number of pyridine rings is 2. The van der Waals surface area contributed by atoms with Crippen LogP contribution in [0.4, 0.5) is 5.69 Å². The fourth-order valence-corrected chi connectivity index (χ4v) is 2.60. The highest BCUT2D eigenvalue weighted by Gasteiger charge is 2.10. The lowest BCUT2D eigenvalue weighted by molar-refractivity contribution is -0.114. The second-order valence-corrected chi connectivity index (χ2v) is 5.81. The lowest BCUT2D eigenvalue weighted by atomic mass is 10.1. The maximum Gasteiger partial charge on any atom is 0.223 e. The third-order valence-corrected chi connectivity index (χ3v) is 3.78. The minimum atomic E-state index is -0.118. The third-order valence-electron chi connectivity index (χ3n) is 3.78. The Labute approximate surface area is 154 Å². The minimum Gasteiger partial charge on any atom is -0.326 e. The molecule has 0 spiro atoms. The molecule has 3 aromatic heterocycles. The highest BCUT2D eigenvalue weighted by atomic mass is 16.1. The number of carbonyl (C=O) groups is 1. The first-order valence-corrected chi connectivity index (χ1v) is 8.24. The lowest BCUT2D eigenvalue weighted by Gasteiger charge is -2.07. The molecule has 1 amide bonds. The molecule has 8 nitrogen and oxygen atoms in total. The highest BCUT2D eigenvalue weighted by molar-refractivity contribution is 5.89. The van der Waals surface area contributed by atoms with Gasteiger partial charge in [-0.3, -0.25) is 14.8 Å². The molecule has 8 heteroatoms. The van der Waals surface area contributed by atoms with Crippen molar-refractivity contribution in [2.24, 2.45) is 0 Å². The van der Waals surface area contributed by atoms with Gasteiger partial charge in [0.25, 0.3) is 0 Å². The minimum absolute atomic E-state index is 0.118. The summed E-state index contributed by atoms with van der Waals surface area (Å²) in [7, 11) is 0. The van der Waals surface area contributed by atoms with Gasteiger partial charge in [-0.15, -0.1) is 15.0 Å². The van der Waals surface area contributed by atoms with Gasteiger partial charge in [0.1, 0.15) is 11.4 Å². The van der Waals surface area contributed by atoms with Crippen molar-refractivity contribution >= 4 is 11.6 Å². The predicted octanol–water partition coefficient (Wildman–Crippen LogP) is 2.74. The van der Waals surface area contributed by atoms with E-state index in [-0.39, 0.29) is 5.91 Å². The largest absolute Gasteiger partial charge is 0.326 e. The van der Waals surface area contributed by atoms with E-state index in [2.05, 4.69) is 30.7 Å². The van der Waals surface area contributed by atoms with Crippen LogP contribution in [0.1, 0.15) is 6.92 Å². The van der Waals surface area contributed by atoms with Crippen LogP contribution < -0.4 is 5.32 Å². The van der Waals surface area contributed by atoms with E-state index < -0.39 is 0 Å². The van der Waals surface area contributed by atoms with E-state index in [4.69, 9.17) is 0 Å². The lowest BCUT2D eigenvalue weighted by Crippen LogP contribution is -2.05. The van der Waals surface area contributed by atoms with Crippen LogP contribution in [0.5, 0.6) is 0 Å². The van der Waals surface area contributed by atoms with Crippen LogP contribution in [0.25, 0.3) is 28.3 Å². The number of benzene rings is 1. The number of hydrogen-bond acceptors (Lipinski definition) is 6. The third kappa shape index (κ3) is 3.69. The molecule has 1 N–H and O–H groups in total. The Hall–Kier alpha value is -3.94. The zero-order chi connectivity index (χ0) is 18.6. The monoisotopic (exact) mass is 357 g/mol. The van der Waals surface area contributed by atoms with Gasteiger partial charge in [0.05, 0.1) is 6.20 Å². The molecule has 4 aromatic rings. The first-order chi connectivity index (χ1) is 13.2. The highest BCUT2D eigenvalue weighted by Crippen LogP contribution is 2.23. The van der Waals surface area contributed by atoms with Crippen molar-refractivity contribution in [1.29, 1.82) is 0 Å². The van der Waals surface area contributed by atoms with Crippen molar-refractivity contribution in [2.75, 3.05) is 5.32 Å². The van der Waals surface area contributed by atoms with Gasteiger partial charge >= 0.3 is 0 Å². The first-order valence-electron chi connectivity index (χ1n) is 8.24. The van der Waals surface area contributed by atoms with Crippen molar-refractivity contribution in [3.05, 3.63) is 67.1 Å². The van der Waals surface area contributed by atoms with Gasteiger partial charge in [0.15, 0.2) is 0 Å². The number of nitrogens with one attached hydrogen (secondary N) is 1. The van der Waals surface area contributed by atoms with Gasteiger partial charge in [-0.05, 0) is 41.1 Å². The van der Waals surface area contributed by atoms with E-state index in [1.165, 1.54) is 11.7 Å². The summed E-state index contributed by atoms with van der Waals surface area (Å²) >= 11 is 0. The zero-order valence-electron chi connectivity index (χ0n) is 14.4. The average molecular weight is 357 g/mol. The summed E-state index contributed by atoms with van der Waals surface area (Å²) in [6.45, 7) is 1.48. The Bertz CT molecular complexity index is 1090. The Balaban J connectivity index is 1.66. The summed E-state index contributed by atoms with van der Waals surface area (Å²) in [5, 5.41) is 15.3. The molecule has 0 unspecified atom stereocenters. The standard InChI is InChI=1S/C19H15N7O/c1-13(27)22-16-6-4-5-14(9-16)15-10-17(12-20-11-15)26-24-19(23-25-26)18-7-2-3-8-21-18/h2-12H,1H3,(H,22,27). The van der Waals surface area contributed by atoms with Gasteiger partial charge in [0.2, 0.25) is 11.7 Å². The molecule has 0 atom stereocenters. The molecule has 3 heterocycles. The smallest absolute Gasteiger partial charge is 0.223 e. The number of amides is 1. The number of rotatable bonds is 4. The molecular formula is C19H15N7O. The van der Waals surface area contributed by atoms with E-state index in [9.17, 15) is 4.79 Å². The van der Waals surface area contributed by atoms with Gasteiger partial charge in [-0.1, -0.05) is 18.2 Å². The molecule has 0 radical (unpaired) electrons. The van der Waals surface area contributed by atoms with Gasteiger partial charge in [0, 0.05) is 30.6 Å².